The van der Waals surface area contributed by atoms with Crippen molar-refractivity contribution in [1.29, 1.82) is 0 Å². The van der Waals surface area contributed by atoms with Gasteiger partial charge in [0.25, 0.3) is 0 Å². The fraction of sp³-hybridized carbons (Fsp3) is 0.769. The summed E-state index contributed by atoms with van der Waals surface area (Å²) in [5.41, 5.74) is -0.0482. The molecule has 0 bridgehead atoms. The van der Waals surface area contributed by atoms with E-state index in [2.05, 4.69) is 27.4 Å². The van der Waals surface area contributed by atoms with Gasteiger partial charge in [-0.2, -0.15) is 0 Å². The van der Waals surface area contributed by atoms with Crippen LogP contribution in [0.4, 0.5) is 0 Å². The van der Waals surface area contributed by atoms with Crippen molar-refractivity contribution in [2.75, 3.05) is 7.11 Å². The highest BCUT2D eigenvalue weighted by molar-refractivity contribution is 6.75. The summed E-state index contributed by atoms with van der Waals surface area (Å²) in [5, 5.41) is 0. The van der Waals surface area contributed by atoms with E-state index in [-0.39, 0.29) is 11.7 Å². The van der Waals surface area contributed by atoms with Crippen LogP contribution in [-0.4, -0.2) is 27.1 Å². The van der Waals surface area contributed by atoms with Crippen LogP contribution in [0.2, 0.25) is 12.1 Å². The summed E-state index contributed by atoms with van der Waals surface area (Å²) in [6, 6.07) is 2.02. The van der Waals surface area contributed by atoms with Crippen LogP contribution in [0, 0.1) is 0 Å². The molecule has 0 aromatic carbocycles. The maximum atomic E-state index is 11.4. The van der Waals surface area contributed by atoms with Crippen molar-refractivity contribution in [2.45, 2.75) is 57.8 Å². The molecule has 0 radical (unpaired) electrons. The standard InChI is InChI=1S/C13H26O3Si/c1-6-10-13(16-12(14)8-3)17(9-4,15-5)11-7-2/h8,13H,3,6-7,9-11H2,1-2,4-5H3. The van der Waals surface area contributed by atoms with Gasteiger partial charge < -0.3 is 9.16 Å². The molecule has 0 aromatic rings. The van der Waals surface area contributed by atoms with Gasteiger partial charge in [0.2, 0.25) is 8.32 Å². The second-order valence-corrected chi connectivity index (χ2v) is 8.68. The first kappa shape index (κ1) is 16.4. The Labute approximate surface area is 106 Å². The normalized spacial score (nSPS) is 16.0. The lowest BCUT2D eigenvalue weighted by Crippen LogP contribution is -2.51. The third kappa shape index (κ3) is 4.64. The summed E-state index contributed by atoms with van der Waals surface area (Å²) in [6.07, 6.45) is 4.18. The number of rotatable bonds is 9. The number of hydrogen-bond donors (Lipinski definition) is 0. The molecule has 0 aromatic heterocycles. The second kappa shape index (κ2) is 8.47. The second-order valence-electron chi connectivity index (χ2n) is 4.29. The average Bonchev–Trinajstić information content (AvgIpc) is 2.35. The molecule has 2 unspecified atom stereocenters. The van der Waals surface area contributed by atoms with E-state index in [1.807, 2.05) is 0 Å². The largest absolute Gasteiger partial charge is 0.460 e. The Kier molecular flexibility index (Phi) is 8.17. The van der Waals surface area contributed by atoms with Gasteiger partial charge in [0.15, 0.2) is 0 Å². The van der Waals surface area contributed by atoms with Gasteiger partial charge >= 0.3 is 5.97 Å². The third-order valence-electron chi connectivity index (χ3n) is 3.24. The molecule has 0 amide bonds. The molecule has 4 heteroatoms. The van der Waals surface area contributed by atoms with Crippen LogP contribution < -0.4 is 0 Å². The van der Waals surface area contributed by atoms with Crippen LogP contribution in [0.25, 0.3) is 0 Å². The molecule has 0 saturated heterocycles. The number of hydrogen-bond acceptors (Lipinski definition) is 3. The van der Waals surface area contributed by atoms with E-state index in [1.165, 1.54) is 6.08 Å². The van der Waals surface area contributed by atoms with Gasteiger partial charge in [-0.1, -0.05) is 40.2 Å². The minimum atomic E-state index is -1.96. The smallest absolute Gasteiger partial charge is 0.330 e. The maximum Gasteiger partial charge on any atom is 0.330 e. The molecule has 0 aliphatic rings. The third-order valence-corrected chi connectivity index (χ3v) is 8.18. The highest BCUT2D eigenvalue weighted by Gasteiger charge is 2.42. The summed E-state index contributed by atoms with van der Waals surface area (Å²) in [5.74, 6) is -0.332. The predicted octanol–water partition coefficient (Wildman–Crippen LogP) is 3.45. The van der Waals surface area contributed by atoms with Crippen LogP contribution in [-0.2, 0) is 14.0 Å². The molecule has 0 spiro atoms. The summed E-state index contributed by atoms with van der Waals surface area (Å²) < 4.78 is 11.3. The zero-order valence-electron chi connectivity index (χ0n) is 11.6. The van der Waals surface area contributed by atoms with Gasteiger partial charge in [0.1, 0.15) is 5.73 Å². The van der Waals surface area contributed by atoms with E-state index in [1.54, 1.807) is 7.11 Å². The Morgan fingerprint density at radius 1 is 1.35 bits per heavy atom. The van der Waals surface area contributed by atoms with Crippen LogP contribution in [0.15, 0.2) is 12.7 Å². The van der Waals surface area contributed by atoms with Crippen molar-refractivity contribution in [2.24, 2.45) is 0 Å². The number of ether oxygens (including phenoxy) is 1. The molecule has 0 aliphatic carbocycles. The first-order valence-corrected chi connectivity index (χ1v) is 8.88. The van der Waals surface area contributed by atoms with E-state index in [9.17, 15) is 4.79 Å². The van der Waals surface area contributed by atoms with Crippen molar-refractivity contribution in [3.8, 4) is 0 Å². The van der Waals surface area contributed by atoms with Crippen molar-refractivity contribution in [1.82, 2.24) is 0 Å². The van der Waals surface area contributed by atoms with E-state index in [0.29, 0.717) is 0 Å². The molecule has 0 aliphatic heterocycles. The summed E-state index contributed by atoms with van der Waals surface area (Å²) >= 11 is 0. The minimum Gasteiger partial charge on any atom is -0.460 e. The lowest BCUT2D eigenvalue weighted by molar-refractivity contribution is -0.140. The molecule has 3 nitrogen and oxygen atoms in total. The zero-order valence-corrected chi connectivity index (χ0v) is 12.6. The summed E-state index contributed by atoms with van der Waals surface area (Å²) in [4.78, 5) is 11.4. The Morgan fingerprint density at radius 2 is 2.00 bits per heavy atom. The van der Waals surface area contributed by atoms with Gasteiger partial charge in [-0.05, 0) is 18.5 Å². The van der Waals surface area contributed by atoms with Crippen molar-refractivity contribution in [3.05, 3.63) is 12.7 Å². The zero-order chi connectivity index (χ0) is 13.3. The highest BCUT2D eigenvalue weighted by Crippen LogP contribution is 2.27. The molecule has 100 valence electrons. The van der Waals surface area contributed by atoms with Gasteiger partial charge in [-0.15, -0.1) is 0 Å². The van der Waals surface area contributed by atoms with Gasteiger partial charge in [-0.3, -0.25) is 0 Å². The van der Waals surface area contributed by atoms with Crippen LogP contribution in [0.1, 0.15) is 40.0 Å². The Hall–Kier alpha value is -0.613. The van der Waals surface area contributed by atoms with Crippen molar-refractivity contribution >= 4 is 14.3 Å². The summed E-state index contributed by atoms with van der Waals surface area (Å²) in [7, 11) is -0.204. The molecule has 0 rings (SSSR count). The molecule has 0 heterocycles. The maximum absolute atomic E-state index is 11.4. The van der Waals surface area contributed by atoms with Gasteiger partial charge in [0.05, 0.1) is 0 Å². The highest BCUT2D eigenvalue weighted by atomic mass is 28.4. The molecule has 2 atom stereocenters. The fourth-order valence-corrected chi connectivity index (χ4v) is 6.12. The number of carbonyl (C=O) groups is 1. The van der Waals surface area contributed by atoms with Gasteiger partial charge in [0, 0.05) is 13.2 Å². The molecule has 0 saturated carbocycles. The number of carbonyl (C=O) groups excluding carboxylic acids is 1. The molecular formula is C13H26O3Si. The SMILES string of the molecule is C=CC(=O)OC(CCC)[Si](CC)(CCC)OC. The molecule has 0 N–H and O–H groups in total. The summed E-state index contributed by atoms with van der Waals surface area (Å²) in [6.45, 7) is 9.84. The Morgan fingerprint density at radius 3 is 2.35 bits per heavy atom. The first-order chi connectivity index (χ1) is 8.10. The Balaban J connectivity index is 4.92. The van der Waals surface area contributed by atoms with Gasteiger partial charge in [-0.25, -0.2) is 4.79 Å². The van der Waals surface area contributed by atoms with Crippen molar-refractivity contribution < 1.29 is 14.0 Å². The van der Waals surface area contributed by atoms with Crippen LogP contribution >= 0.6 is 0 Å². The minimum absolute atomic E-state index is 0.0482. The first-order valence-electron chi connectivity index (χ1n) is 6.48. The predicted molar refractivity (Wildman–Crippen MR) is 73.3 cm³/mol. The monoisotopic (exact) mass is 258 g/mol. The van der Waals surface area contributed by atoms with E-state index in [0.717, 1.165) is 31.4 Å². The van der Waals surface area contributed by atoms with E-state index in [4.69, 9.17) is 9.16 Å². The van der Waals surface area contributed by atoms with Crippen LogP contribution in [0.5, 0.6) is 0 Å². The van der Waals surface area contributed by atoms with Crippen molar-refractivity contribution in [3.63, 3.8) is 0 Å². The quantitative estimate of drug-likeness (QED) is 0.361. The van der Waals surface area contributed by atoms with E-state index >= 15 is 0 Å². The molecule has 0 fully saturated rings. The molecular weight excluding hydrogens is 232 g/mol. The fourth-order valence-electron chi connectivity index (χ4n) is 2.25. The lowest BCUT2D eigenvalue weighted by atomic mass is 10.3. The Bertz CT molecular complexity index is 237. The van der Waals surface area contributed by atoms with Crippen LogP contribution in [0.3, 0.4) is 0 Å². The molecule has 17 heavy (non-hydrogen) atoms. The lowest BCUT2D eigenvalue weighted by Gasteiger charge is -2.35. The topological polar surface area (TPSA) is 35.5 Å². The average molecular weight is 258 g/mol. The number of esters is 1. The van der Waals surface area contributed by atoms with E-state index < -0.39 is 8.32 Å².